The number of nitrogens with zero attached hydrogens (tertiary/aromatic N) is 2. The molecule has 2 spiro atoms. The Balaban J connectivity index is 1.10. The van der Waals surface area contributed by atoms with E-state index in [2.05, 4.69) is 51.6 Å². The van der Waals surface area contributed by atoms with E-state index in [9.17, 15) is 60.7 Å². The van der Waals surface area contributed by atoms with E-state index in [1.807, 2.05) is 6.92 Å². The topological polar surface area (TPSA) is 362 Å². The number of carboxylic acids is 1. The molecule has 6 saturated carbocycles. The van der Waals surface area contributed by atoms with Gasteiger partial charge in [0.05, 0.1) is 67.8 Å². The van der Waals surface area contributed by atoms with E-state index in [1.165, 1.54) is 17.5 Å². The van der Waals surface area contributed by atoms with Gasteiger partial charge >= 0.3 is 5.97 Å². The van der Waals surface area contributed by atoms with Crippen molar-refractivity contribution in [3.05, 3.63) is 53.5 Å². The molecule has 2 aromatic rings. The minimum Gasteiger partial charge on any atom is -0.481 e. The maximum atomic E-state index is 14.9. The number of allylic oxidation sites excluding steroid dienone is 4. The standard InChI is InChI=1S/C60H87N7O14/c1-54(24-69)14-15-57(53(78)79)34(19-54)32-9-13-59-29-8-12-58(32,33-17-36-50(66-27-65-36)63-20-35(33)57)56(59,3)11-10-40-55(2,25-70)49(81-52-48(76)46(74)39(72)23-80-52)47(75)44(60(40,59)28-6-4-5-7-28)30(16-29)42-31(22-68)51(77)67-45(42)43(37-21-62-26-64-37)38(71)18-41(61)73/h9,16,21,26-28,30-31,33-35,38-49,52,63,68-76H,4-8,10-15,17-20,22-25,61H2,1-3H3,(H,62,64)(H,65,66)(H,67,77)(H,78,79)/t30-,31-,33+,34+,35-,38-,39-,40-,41+,42+,43+,44+,45+,46+,47-,48-,49-,52+,54+,55+,56+,57-,58+,59-,60-/m1/s1. The van der Waals surface area contributed by atoms with E-state index in [0.717, 1.165) is 37.2 Å². The van der Waals surface area contributed by atoms with Gasteiger partial charge in [0.2, 0.25) is 5.91 Å². The highest BCUT2D eigenvalue weighted by Crippen LogP contribution is 2.90. The Bertz CT molecular complexity index is 2810. The monoisotopic (exact) mass is 1130 g/mol. The third-order valence-corrected chi connectivity index (χ3v) is 25.6. The van der Waals surface area contributed by atoms with E-state index in [4.69, 9.17) is 20.2 Å². The molecule has 5 heterocycles. The van der Waals surface area contributed by atoms with Crippen LogP contribution >= 0.6 is 0 Å². The second kappa shape index (κ2) is 19.6. The predicted octanol–water partition coefficient (Wildman–Crippen LogP) is 1.81. The van der Waals surface area contributed by atoms with Crippen LogP contribution in [0.5, 0.6) is 0 Å². The molecule has 2 saturated heterocycles. The lowest BCUT2D eigenvalue weighted by atomic mass is 9.19. The summed E-state index contributed by atoms with van der Waals surface area (Å²) in [6.07, 6.45) is 5.88. The van der Waals surface area contributed by atoms with E-state index < -0.39 is 160 Å². The minimum absolute atomic E-state index is 0.0734. The summed E-state index contributed by atoms with van der Waals surface area (Å²) in [4.78, 5) is 45.3. The maximum Gasteiger partial charge on any atom is 0.310 e. The van der Waals surface area contributed by atoms with Crippen LogP contribution in [0.3, 0.4) is 0 Å². The van der Waals surface area contributed by atoms with Gasteiger partial charge in [0.15, 0.2) is 6.29 Å². The van der Waals surface area contributed by atoms with Gasteiger partial charge in [0.1, 0.15) is 30.4 Å². The van der Waals surface area contributed by atoms with E-state index in [1.54, 1.807) is 12.5 Å². The van der Waals surface area contributed by atoms with Crippen LogP contribution in [0.15, 0.2) is 42.1 Å². The summed E-state index contributed by atoms with van der Waals surface area (Å²) in [6, 6.07) is -0.920. The summed E-state index contributed by atoms with van der Waals surface area (Å²) in [7, 11) is 0. The molecule has 446 valence electrons. The van der Waals surface area contributed by atoms with Crippen LogP contribution in [-0.2, 0) is 25.5 Å². The number of fused-ring (bicyclic) bond motifs is 5. The number of aliphatic carboxylic acids is 1. The molecular formula is C60H87N7O14. The largest absolute Gasteiger partial charge is 0.481 e. The zero-order chi connectivity index (χ0) is 57.1. The minimum atomic E-state index is -1.73. The lowest BCUT2D eigenvalue weighted by molar-refractivity contribution is -0.374. The first kappa shape index (κ1) is 56.3. The van der Waals surface area contributed by atoms with Crippen LogP contribution in [0.4, 0.5) is 5.82 Å². The number of aromatic amines is 2. The number of carbonyl (C=O) groups is 2. The Morgan fingerprint density at radius 2 is 1.73 bits per heavy atom. The smallest absolute Gasteiger partial charge is 0.310 e. The summed E-state index contributed by atoms with van der Waals surface area (Å²) >= 11 is 0. The van der Waals surface area contributed by atoms with Gasteiger partial charge in [-0.25, -0.2) is 9.97 Å². The first-order valence-corrected chi connectivity index (χ1v) is 30.3. The van der Waals surface area contributed by atoms with Crippen molar-refractivity contribution < 1.29 is 70.1 Å². The Kier molecular flexibility index (Phi) is 13.6. The molecular weight excluding hydrogens is 1040 g/mol. The number of amides is 1. The molecule has 0 unspecified atom stereocenters. The molecule has 3 aliphatic heterocycles. The first-order valence-electron chi connectivity index (χ1n) is 30.3. The highest BCUT2D eigenvalue weighted by atomic mass is 16.7. The molecule has 21 nitrogen and oxygen atoms in total. The van der Waals surface area contributed by atoms with Gasteiger partial charge in [-0.15, -0.1) is 0 Å². The molecule has 0 radical (unpaired) electrons. The molecule has 8 aliphatic carbocycles. The van der Waals surface area contributed by atoms with E-state index in [0.29, 0.717) is 70.0 Å². The molecule has 2 bridgehead atoms. The van der Waals surface area contributed by atoms with Crippen LogP contribution in [0.2, 0.25) is 0 Å². The fourth-order valence-corrected chi connectivity index (χ4v) is 22.7. The van der Waals surface area contributed by atoms with Crippen LogP contribution < -0.4 is 16.4 Å². The number of nitrogens with one attached hydrogen (secondary N) is 4. The van der Waals surface area contributed by atoms with Crippen LogP contribution in [0.25, 0.3) is 0 Å². The maximum absolute atomic E-state index is 14.9. The van der Waals surface area contributed by atoms with Crippen LogP contribution in [-0.4, -0.2) is 171 Å². The zero-order valence-corrected chi connectivity index (χ0v) is 46.9. The molecule has 11 aliphatic rings. The first-order chi connectivity index (χ1) is 38.7. The number of aliphatic hydroxyl groups is 9. The van der Waals surface area contributed by atoms with Gasteiger partial charge in [-0.3, -0.25) is 9.59 Å². The highest BCUT2D eigenvalue weighted by molar-refractivity contribution is 5.82. The Hall–Kier alpha value is -3.84. The van der Waals surface area contributed by atoms with Crippen LogP contribution in [0.1, 0.15) is 122 Å². The quantitative estimate of drug-likeness (QED) is 0.0772. The molecule has 13 rings (SSSR count). The number of carbonyl (C=O) groups excluding carboxylic acids is 1. The number of carboxylic acid groups (broad SMARTS) is 1. The van der Waals surface area contributed by atoms with Gasteiger partial charge in [0, 0.05) is 71.5 Å². The summed E-state index contributed by atoms with van der Waals surface area (Å²) in [5, 5.41) is 125. The molecule has 2 aromatic heterocycles. The lowest BCUT2D eigenvalue weighted by Gasteiger charge is -2.85. The Labute approximate surface area is 472 Å². The Morgan fingerprint density at radius 1 is 0.951 bits per heavy atom. The summed E-state index contributed by atoms with van der Waals surface area (Å²) in [5.41, 5.74) is 3.82. The number of anilines is 1. The number of aromatic nitrogens is 4. The molecule has 16 N–H and O–H groups in total. The molecule has 21 heteroatoms. The van der Waals surface area contributed by atoms with Crippen molar-refractivity contribution in [2.45, 2.75) is 172 Å². The molecule has 81 heavy (non-hydrogen) atoms. The summed E-state index contributed by atoms with van der Waals surface area (Å²) < 4.78 is 13.0. The normalized spacial score (nSPS) is 49.0. The fourth-order valence-electron chi connectivity index (χ4n) is 22.7. The number of imidazole rings is 2. The van der Waals surface area contributed by atoms with Crippen molar-refractivity contribution in [3.63, 3.8) is 0 Å². The van der Waals surface area contributed by atoms with Gasteiger partial charge in [0.25, 0.3) is 0 Å². The van der Waals surface area contributed by atoms with Crippen molar-refractivity contribution >= 4 is 17.7 Å². The van der Waals surface area contributed by atoms with E-state index in [-0.39, 0.29) is 37.4 Å². The highest BCUT2D eigenvalue weighted by Gasteiger charge is 2.87. The van der Waals surface area contributed by atoms with Gasteiger partial charge < -0.3 is 86.9 Å². The molecule has 25 atom stereocenters. The number of H-pyrrole nitrogens is 2. The van der Waals surface area contributed by atoms with Gasteiger partial charge in [-0.05, 0) is 122 Å². The van der Waals surface area contributed by atoms with Gasteiger partial charge in [-0.2, -0.15) is 0 Å². The number of ether oxygens (including phenoxy) is 2. The SMILES string of the molecule is C[C@]1(CO)CC[C@]2(C(=O)O)[C@@H]3CNc4nc[nH]c4C[C@@H]3[C@@]34CCC5=C[C@H]([C@@H]6[C@@H]([C@@H](c7cnc[nH]7)[C@H](O)C[C@@H](N)O)NC(=O)[C@@H]6CO)[C@H]6[C@@H](O)[C@@H](O[C@@H]7OC[C@@H](O)[C@H](O)[C@H]7O)[C@@](C)(CO)[C@H]7CC[C@]3(C)[C@]5(CC=C4[C@@H]2C1)[C@@]67C1CCCC1. The van der Waals surface area contributed by atoms with Crippen molar-refractivity contribution in [2.24, 2.45) is 96.9 Å². The molecule has 1 amide bonds. The van der Waals surface area contributed by atoms with Crippen molar-refractivity contribution in [2.75, 3.05) is 38.3 Å². The number of rotatable bonds is 13. The second-order valence-corrected chi connectivity index (χ2v) is 28.2. The third-order valence-electron chi connectivity index (χ3n) is 25.6. The number of hydrogen-bond donors (Lipinski definition) is 15. The third kappa shape index (κ3) is 7.20. The average molecular weight is 1130 g/mol. The molecule has 8 fully saturated rings. The van der Waals surface area contributed by atoms with Crippen molar-refractivity contribution in [1.82, 2.24) is 25.3 Å². The average Bonchev–Trinajstić information content (AvgIpc) is 1.06. The predicted molar refractivity (Wildman–Crippen MR) is 289 cm³/mol. The second-order valence-electron chi connectivity index (χ2n) is 28.2. The lowest BCUT2D eigenvalue weighted by Crippen LogP contribution is -2.82. The van der Waals surface area contributed by atoms with E-state index >= 15 is 0 Å². The molecule has 0 aromatic carbocycles. The number of aliphatic hydroxyl groups excluding tert-OH is 9. The van der Waals surface area contributed by atoms with Crippen LogP contribution in [0, 0.1) is 91.2 Å². The Morgan fingerprint density at radius 3 is 2.42 bits per heavy atom. The summed E-state index contributed by atoms with van der Waals surface area (Å²) in [5.74, 6) is -6.36. The number of hydrogen-bond acceptors (Lipinski definition) is 17. The van der Waals surface area contributed by atoms with Gasteiger partial charge in [-0.1, -0.05) is 56.9 Å². The van der Waals surface area contributed by atoms with Crippen molar-refractivity contribution in [3.8, 4) is 0 Å². The fraction of sp³-hybridized carbons (Fsp3) is 0.800. The zero-order valence-electron chi connectivity index (χ0n) is 46.9. The summed E-state index contributed by atoms with van der Waals surface area (Å²) in [6.45, 7) is 5.49. The number of nitrogens with two attached hydrogens (primary N) is 1. The van der Waals surface area contributed by atoms with Crippen molar-refractivity contribution in [1.29, 1.82) is 0 Å².